The van der Waals surface area contributed by atoms with E-state index in [1.54, 1.807) is 17.6 Å². The van der Waals surface area contributed by atoms with Gasteiger partial charge in [-0.15, -0.1) is 11.3 Å². The Morgan fingerprint density at radius 2 is 2.09 bits per heavy atom. The zero-order valence-corrected chi connectivity index (χ0v) is 21.0. The van der Waals surface area contributed by atoms with Gasteiger partial charge >= 0.3 is 5.97 Å². The molecule has 1 N–H and O–H groups in total. The summed E-state index contributed by atoms with van der Waals surface area (Å²) in [7, 11) is 0. The number of amides is 1. The summed E-state index contributed by atoms with van der Waals surface area (Å²) in [4.78, 5) is 32.2. The van der Waals surface area contributed by atoms with Crippen molar-refractivity contribution in [2.75, 3.05) is 25.0 Å². The van der Waals surface area contributed by atoms with Gasteiger partial charge in [0.05, 0.1) is 42.3 Å². The van der Waals surface area contributed by atoms with Crippen LogP contribution in [0.5, 0.6) is 0 Å². The minimum atomic E-state index is -0.160. The Balaban J connectivity index is 1.60. The van der Waals surface area contributed by atoms with Crippen LogP contribution in [0, 0.1) is 12.8 Å². The van der Waals surface area contributed by atoms with Crippen LogP contribution >= 0.6 is 11.3 Å². The molecule has 4 rings (SSSR count). The number of aromatic nitrogens is 2. The van der Waals surface area contributed by atoms with Crippen LogP contribution in [0.15, 0.2) is 34.3 Å². The first-order chi connectivity index (χ1) is 16.4. The third-order valence-electron chi connectivity index (χ3n) is 6.07. The zero-order chi connectivity index (χ0) is 24.2. The number of carbonyl (C=O) groups is 2. The number of hydrogen-bond donors (Lipinski definition) is 1. The fourth-order valence-electron chi connectivity index (χ4n) is 4.29. The lowest BCUT2D eigenvalue weighted by Crippen LogP contribution is -2.40. The van der Waals surface area contributed by atoms with E-state index < -0.39 is 0 Å². The van der Waals surface area contributed by atoms with E-state index in [0.717, 1.165) is 28.0 Å². The van der Waals surface area contributed by atoms with Crippen LogP contribution in [0.4, 0.5) is 5.13 Å². The molecule has 0 atom stereocenters. The van der Waals surface area contributed by atoms with Gasteiger partial charge in [0.15, 0.2) is 5.13 Å². The topological polar surface area (TPSA) is 89.6 Å². The SMILES string of the molecule is CCOC(=O)C1CCN(C(=O)c2cc(-c3csc(NC(C)C)n3)n(Cc3ccco3)c2C)CC1. The highest BCUT2D eigenvalue weighted by atomic mass is 32.1. The predicted octanol–water partition coefficient (Wildman–Crippen LogP) is 4.80. The van der Waals surface area contributed by atoms with Crippen molar-refractivity contribution in [3.8, 4) is 11.4 Å². The molecule has 1 aliphatic heterocycles. The van der Waals surface area contributed by atoms with E-state index >= 15 is 0 Å². The summed E-state index contributed by atoms with van der Waals surface area (Å²) in [5, 5.41) is 6.21. The monoisotopic (exact) mass is 484 g/mol. The van der Waals surface area contributed by atoms with Crippen molar-refractivity contribution in [3.05, 3.63) is 46.9 Å². The minimum Gasteiger partial charge on any atom is -0.467 e. The number of hydrogen-bond acceptors (Lipinski definition) is 7. The molecule has 0 radical (unpaired) electrons. The molecule has 0 bridgehead atoms. The standard InChI is InChI=1S/C25H32N4O4S/c1-5-32-24(31)18-8-10-28(11-9-18)23(30)20-13-22(21-15-34-25(27-21)26-16(2)3)29(17(20)4)14-19-7-6-12-33-19/h6-7,12-13,15-16,18H,5,8-11,14H2,1-4H3,(H,26,27). The van der Waals surface area contributed by atoms with E-state index in [-0.39, 0.29) is 23.8 Å². The van der Waals surface area contributed by atoms with Gasteiger partial charge in [0.1, 0.15) is 5.76 Å². The summed E-state index contributed by atoms with van der Waals surface area (Å²) < 4.78 is 12.8. The lowest BCUT2D eigenvalue weighted by atomic mass is 9.96. The van der Waals surface area contributed by atoms with Crippen LogP contribution in [0.2, 0.25) is 0 Å². The molecule has 1 aliphatic rings. The molecule has 8 nitrogen and oxygen atoms in total. The highest BCUT2D eigenvalue weighted by Gasteiger charge is 2.30. The quantitative estimate of drug-likeness (QED) is 0.462. The first-order valence-electron chi connectivity index (χ1n) is 11.8. The van der Waals surface area contributed by atoms with Gasteiger partial charge in [-0.05, 0) is 58.7 Å². The number of anilines is 1. The molecule has 9 heteroatoms. The van der Waals surface area contributed by atoms with Crippen molar-refractivity contribution >= 4 is 28.3 Å². The molecule has 1 amide bonds. The van der Waals surface area contributed by atoms with Gasteiger partial charge in [-0.25, -0.2) is 4.98 Å². The van der Waals surface area contributed by atoms with Crippen LogP contribution in [0.3, 0.4) is 0 Å². The van der Waals surface area contributed by atoms with Crippen molar-refractivity contribution in [1.82, 2.24) is 14.5 Å². The van der Waals surface area contributed by atoms with Crippen LogP contribution in [0.25, 0.3) is 11.4 Å². The van der Waals surface area contributed by atoms with Gasteiger partial charge in [0, 0.05) is 30.2 Å². The first-order valence-corrected chi connectivity index (χ1v) is 12.7. The Labute approximate surface area is 203 Å². The van der Waals surface area contributed by atoms with Gasteiger partial charge in [-0.1, -0.05) is 0 Å². The first kappa shape index (κ1) is 24.1. The summed E-state index contributed by atoms with van der Waals surface area (Å²) in [6, 6.07) is 6.01. The molecule has 34 heavy (non-hydrogen) atoms. The lowest BCUT2D eigenvalue weighted by molar-refractivity contribution is -0.149. The number of likely N-dealkylation sites (tertiary alicyclic amines) is 1. The number of nitrogens with one attached hydrogen (secondary N) is 1. The maximum absolute atomic E-state index is 13.5. The minimum absolute atomic E-state index is 0.0185. The fourth-order valence-corrected chi connectivity index (χ4v) is 5.14. The summed E-state index contributed by atoms with van der Waals surface area (Å²) in [5.74, 6) is 0.498. The van der Waals surface area contributed by atoms with Gasteiger partial charge in [-0.3, -0.25) is 9.59 Å². The van der Waals surface area contributed by atoms with E-state index in [0.29, 0.717) is 44.6 Å². The average Bonchev–Trinajstić information content (AvgIpc) is 3.56. The third kappa shape index (κ3) is 5.19. The van der Waals surface area contributed by atoms with E-state index in [9.17, 15) is 9.59 Å². The number of esters is 1. The fraction of sp³-hybridized carbons (Fsp3) is 0.480. The van der Waals surface area contributed by atoms with Gasteiger partial charge in [-0.2, -0.15) is 0 Å². The highest BCUT2D eigenvalue weighted by molar-refractivity contribution is 7.14. The third-order valence-corrected chi connectivity index (χ3v) is 6.85. The average molecular weight is 485 g/mol. The Morgan fingerprint density at radius 1 is 1.32 bits per heavy atom. The number of ether oxygens (including phenoxy) is 1. The van der Waals surface area contributed by atoms with Crippen molar-refractivity contribution in [3.63, 3.8) is 0 Å². The van der Waals surface area contributed by atoms with Crippen LogP contribution in [0.1, 0.15) is 55.4 Å². The van der Waals surface area contributed by atoms with Crippen molar-refractivity contribution in [2.45, 2.75) is 53.1 Å². The molecule has 0 aromatic carbocycles. The van der Waals surface area contributed by atoms with Gasteiger partial charge in [0.2, 0.25) is 0 Å². The number of rotatable bonds is 8. The normalized spacial score (nSPS) is 14.6. The molecule has 1 saturated heterocycles. The van der Waals surface area contributed by atoms with Crippen molar-refractivity contribution in [1.29, 1.82) is 0 Å². The zero-order valence-electron chi connectivity index (χ0n) is 20.2. The van der Waals surface area contributed by atoms with Crippen LogP contribution in [-0.2, 0) is 16.1 Å². The van der Waals surface area contributed by atoms with E-state index in [2.05, 4.69) is 23.7 Å². The molecule has 0 unspecified atom stereocenters. The molecule has 3 aromatic heterocycles. The maximum Gasteiger partial charge on any atom is 0.309 e. The lowest BCUT2D eigenvalue weighted by Gasteiger charge is -2.31. The molecule has 4 heterocycles. The summed E-state index contributed by atoms with van der Waals surface area (Å²) >= 11 is 1.55. The number of furan rings is 1. The molecular weight excluding hydrogens is 452 g/mol. The number of nitrogens with zero attached hydrogens (tertiary/aromatic N) is 3. The Kier molecular flexibility index (Phi) is 7.41. The Hall–Kier alpha value is -3.07. The molecule has 3 aromatic rings. The van der Waals surface area contributed by atoms with E-state index in [1.807, 2.05) is 42.3 Å². The Morgan fingerprint density at radius 3 is 2.74 bits per heavy atom. The predicted molar refractivity (Wildman–Crippen MR) is 132 cm³/mol. The van der Waals surface area contributed by atoms with Crippen LogP contribution < -0.4 is 5.32 Å². The molecule has 0 aliphatic carbocycles. The Bertz CT molecular complexity index is 1120. The number of piperidine rings is 1. The van der Waals surface area contributed by atoms with Gasteiger partial charge in [0.25, 0.3) is 5.91 Å². The summed E-state index contributed by atoms with van der Waals surface area (Å²) in [6.07, 6.45) is 2.90. The smallest absolute Gasteiger partial charge is 0.309 e. The van der Waals surface area contributed by atoms with E-state index in [1.165, 1.54) is 0 Å². The number of thiazole rings is 1. The molecule has 0 saturated carbocycles. The van der Waals surface area contributed by atoms with E-state index in [4.69, 9.17) is 14.1 Å². The summed E-state index contributed by atoms with van der Waals surface area (Å²) in [6.45, 7) is 9.91. The molecule has 0 spiro atoms. The second-order valence-electron chi connectivity index (χ2n) is 8.85. The summed E-state index contributed by atoms with van der Waals surface area (Å²) in [5.41, 5.74) is 3.23. The largest absolute Gasteiger partial charge is 0.467 e. The number of carbonyl (C=O) groups excluding carboxylic acids is 2. The maximum atomic E-state index is 13.5. The molecule has 182 valence electrons. The second-order valence-corrected chi connectivity index (χ2v) is 9.71. The molecule has 1 fully saturated rings. The van der Waals surface area contributed by atoms with Crippen molar-refractivity contribution in [2.24, 2.45) is 5.92 Å². The van der Waals surface area contributed by atoms with Crippen LogP contribution in [-0.4, -0.2) is 52.1 Å². The highest BCUT2D eigenvalue weighted by Crippen LogP contribution is 2.31. The molecular formula is C25H32N4O4S. The second kappa shape index (κ2) is 10.5. The van der Waals surface area contributed by atoms with Gasteiger partial charge < -0.3 is 23.9 Å². The van der Waals surface area contributed by atoms with Crippen molar-refractivity contribution < 1.29 is 18.7 Å².